The molecular formula is C12H18ClNOS. The van der Waals surface area contributed by atoms with E-state index in [2.05, 4.69) is 26.1 Å². The molecule has 0 aromatic carbocycles. The lowest BCUT2D eigenvalue weighted by Crippen LogP contribution is -2.39. The SMILES string of the molecule is CCc1ccc(C(=O)NC(CCl)C(C)C)s1. The van der Waals surface area contributed by atoms with Crippen LogP contribution in [0.5, 0.6) is 0 Å². The Hall–Kier alpha value is -0.540. The molecule has 2 nitrogen and oxygen atoms in total. The molecule has 1 unspecified atom stereocenters. The van der Waals surface area contributed by atoms with Crippen molar-refractivity contribution in [2.45, 2.75) is 33.2 Å². The van der Waals surface area contributed by atoms with Gasteiger partial charge in [0.1, 0.15) is 0 Å². The Morgan fingerprint density at radius 3 is 2.62 bits per heavy atom. The van der Waals surface area contributed by atoms with Crippen LogP contribution in [-0.2, 0) is 6.42 Å². The third kappa shape index (κ3) is 3.49. The molecule has 1 aromatic rings. The topological polar surface area (TPSA) is 29.1 Å². The number of carbonyl (C=O) groups excluding carboxylic acids is 1. The summed E-state index contributed by atoms with van der Waals surface area (Å²) in [5.74, 6) is 0.797. The highest BCUT2D eigenvalue weighted by Gasteiger charge is 2.17. The summed E-state index contributed by atoms with van der Waals surface area (Å²) < 4.78 is 0. The zero-order valence-electron chi connectivity index (χ0n) is 9.92. The van der Waals surface area contributed by atoms with E-state index in [-0.39, 0.29) is 11.9 Å². The second-order valence-electron chi connectivity index (χ2n) is 4.10. The van der Waals surface area contributed by atoms with Crippen LogP contribution in [-0.4, -0.2) is 17.8 Å². The van der Waals surface area contributed by atoms with Gasteiger partial charge in [-0.25, -0.2) is 0 Å². The largest absolute Gasteiger partial charge is 0.347 e. The second kappa shape index (κ2) is 6.26. The molecule has 0 aliphatic carbocycles. The lowest BCUT2D eigenvalue weighted by atomic mass is 10.1. The van der Waals surface area contributed by atoms with Gasteiger partial charge in [0.15, 0.2) is 0 Å². The maximum atomic E-state index is 11.9. The number of aryl methyl sites for hydroxylation is 1. The van der Waals surface area contributed by atoms with Gasteiger partial charge in [-0.3, -0.25) is 4.79 Å². The second-order valence-corrected chi connectivity index (χ2v) is 5.57. The molecule has 0 aliphatic rings. The first-order valence-electron chi connectivity index (χ1n) is 5.54. The van der Waals surface area contributed by atoms with Crippen molar-refractivity contribution < 1.29 is 4.79 Å². The third-order valence-electron chi connectivity index (χ3n) is 2.52. The van der Waals surface area contributed by atoms with Crippen LogP contribution in [0.2, 0.25) is 0 Å². The van der Waals surface area contributed by atoms with E-state index < -0.39 is 0 Å². The van der Waals surface area contributed by atoms with Crippen molar-refractivity contribution in [3.8, 4) is 0 Å². The third-order valence-corrected chi connectivity index (χ3v) is 4.08. The zero-order chi connectivity index (χ0) is 12.1. The molecule has 1 amide bonds. The van der Waals surface area contributed by atoms with Gasteiger partial charge >= 0.3 is 0 Å². The van der Waals surface area contributed by atoms with Gasteiger partial charge in [-0.15, -0.1) is 22.9 Å². The molecule has 90 valence electrons. The van der Waals surface area contributed by atoms with Crippen LogP contribution in [0, 0.1) is 5.92 Å². The van der Waals surface area contributed by atoms with Crippen LogP contribution in [0.1, 0.15) is 35.3 Å². The van der Waals surface area contributed by atoms with Crippen LogP contribution >= 0.6 is 22.9 Å². The van der Waals surface area contributed by atoms with E-state index in [1.54, 1.807) is 11.3 Å². The molecule has 1 N–H and O–H groups in total. The number of hydrogen-bond acceptors (Lipinski definition) is 2. The van der Waals surface area contributed by atoms with Gasteiger partial charge in [0.25, 0.3) is 5.91 Å². The summed E-state index contributed by atoms with van der Waals surface area (Å²) in [5, 5.41) is 2.96. The monoisotopic (exact) mass is 259 g/mol. The van der Waals surface area contributed by atoms with Crippen molar-refractivity contribution >= 4 is 28.8 Å². The first-order valence-corrected chi connectivity index (χ1v) is 6.89. The molecule has 1 atom stereocenters. The summed E-state index contributed by atoms with van der Waals surface area (Å²) >= 11 is 7.37. The number of alkyl halides is 1. The molecule has 16 heavy (non-hydrogen) atoms. The maximum absolute atomic E-state index is 11.9. The fourth-order valence-electron chi connectivity index (χ4n) is 1.31. The summed E-state index contributed by atoms with van der Waals surface area (Å²) in [6.07, 6.45) is 0.973. The van der Waals surface area contributed by atoms with Crippen molar-refractivity contribution in [2.24, 2.45) is 5.92 Å². The fraction of sp³-hybridized carbons (Fsp3) is 0.583. The Balaban J connectivity index is 2.64. The number of nitrogens with one attached hydrogen (secondary N) is 1. The van der Waals surface area contributed by atoms with Gasteiger partial charge in [-0.2, -0.15) is 0 Å². The average molecular weight is 260 g/mol. The van der Waals surface area contributed by atoms with E-state index in [0.29, 0.717) is 11.8 Å². The lowest BCUT2D eigenvalue weighted by Gasteiger charge is -2.19. The Morgan fingerprint density at radius 2 is 2.19 bits per heavy atom. The van der Waals surface area contributed by atoms with Gasteiger partial charge in [0.2, 0.25) is 0 Å². The molecule has 0 saturated carbocycles. The first-order chi connectivity index (χ1) is 7.58. The Bertz CT molecular complexity index is 349. The predicted molar refractivity (Wildman–Crippen MR) is 70.5 cm³/mol. The number of halogens is 1. The molecule has 1 rings (SSSR count). The minimum Gasteiger partial charge on any atom is -0.347 e. The summed E-state index contributed by atoms with van der Waals surface area (Å²) in [6, 6.07) is 3.93. The summed E-state index contributed by atoms with van der Waals surface area (Å²) in [5.41, 5.74) is 0. The fourth-order valence-corrected chi connectivity index (χ4v) is 2.60. The standard InChI is InChI=1S/C12H18ClNOS/c1-4-9-5-6-11(16-9)12(15)14-10(7-13)8(2)3/h5-6,8,10H,4,7H2,1-3H3,(H,14,15). The molecule has 0 spiro atoms. The van der Waals surface area contributed by atoms with Gasteiger partial charge in [-0.05, 0) is 24.5 Å². The van der Waals surface area contributed by atoms with E-state index in [4.69, 9.17) is 11.6 Å². The van der Waals surface area contributed by atoms with Crippen LogP contribution < -0.4 is 5.32 Å². The van der Waals surface area contributed by atoms with Crippen molar-refractivity contribution in [2.75, 3.05) is 5.88 Å². The molecular weight excluding hydrogens is 242 g/mol. The Morgan fingerprint density at radius 1 is 1.50 bits per heavy atom. The number of carbonyl (C=O) groups is 1. The first kappa shape index (κ1) is 13.5. The van der Waals surface area contributed by atoms with E-state index >= 15 is 0 Å². The molecule has 0 fully saturated rings. The number of amides is 1. The molecule has 0 aliphatic heterocycles. The molecule has 0 radical (unpaired) electrons. The predicted octanol–water partition coefficient (Wildman–Crippen LogP) is 3.30. The van der Waals surface area contributed by atoms with Crippen LogP contribution in [0.25, 0.3) is 0 Å². The van der Waals surface area contributed by atoms with Crippen LogP contribution in [0.15, 0.2) is 12.1 Å². The smallest absolute Gasteiger partial charge is 0.261 e. The summed E-state index contributed by atoms with van der Waals surface area (Å²) in [6.45, 7) is 6.20. The van der Waals surface area contributed by atoms with Crippen molar-refractivity contribution in [1.82, 2.24) is 5.32 Å². The van der Waals surface area contributed by atoms with Gasteiger partial charge in [0, 0.05) is 16.8 Å². The van der Waals surface area contributed by atoms with Gasteiger partial charge in [0.05, 0.1) is 4.88 Å². The molecule has 4 heteroatoms. The zero-order valence-corrected chi connectivity index (χ0v) is 11.5. The molecule has 0 bridgehead atoms. The number of hydrogen-bond donors (Lipinski definition) is 1. The normalized spacial score (nSPS) is 12.8. The van der Waals surface area contributed by atoms with Crippen LogP contribution in [0.3, 0.4) is 0 Å². The van der Waals surface area contributed by atoms with Crippen molar-refractivity contribution in [3.63, 3.8) is 0 Å². The highest BCUT2D eigenvalue weighted by atomic mass is 35.5. The summed E-state index contributed by atoms with van der Waals surface area (Å²) in [4.78, 5) is 13.9. The van der Waals surface area contributed by atoms with Gasteiger partial charge in [-0.1, -0.05) is 20.8 Å². The van der Waals surface area contributed by atoms with Crippen LogP contribution in [0.4, 0.5) is 0 Å². The maximum Gasteiger partial charge on any atom is 0.261 e. The lowest BCUT2D eigenvalue weighted by molar-refractivity contribution is 0.0935. The Kier molecular flexibility index (Phi) is 5.29. The minimum atomic E-state index is -0.0101. The number of rotatable bonds is 5. The van der Waals surface area contributed by atoms with E-state index in [0.717, 1.165) is 11.3 Å². The van der Waals surface area contributed by atoms with Crippen molar-refractivity contribution in [1.29, 1.82) is 0 Å². The Labute approximate surface area is 106 Å². The molecule has 1 aromatic heterocycles. The van der Waals surface area contributed by atoms with Gasteiger partial charge < -0.3 is 5.32 Å². The van der Waals surface area contributed by atoms with Crippen molar-refractivity contribution in [3.05, 3.63) is 21.9 Å². The highest BCUT2D eigenvalue weighted by Crippen LogP contribution is 2.17. The summed E-state index contributed by atoms with van der Waals surface area (Å²) in [7, 11) is 0. The highest BCUT2D eigenvalue weighted by molar-refractivity contribution is 7.14. The molecule has 0 saturated heterocycles. The van der Waals surface area contributed by atoms with E-state index in [1.165, 1.54) is 4.88 Å². The van der Waals surface area contributed by atoms with E-state index in [9.17, 15) is 4.79 Å². The van der Waals surface area contributed by atoms with E-state index in [1.807, 2.05) is 12.1 Å². The molecule has 1 heterocycles. The quantitative estimate of drug-likeness (QED) is 0.808. The minimum absolute atomic E-state index is 0.0101. The number of thiophene rings is 1. The average Bonchev–Trinajstić information content (AvgIpc) is 2.73.